The van der Waals surface area contributed by atoms with Crippen molar-refractivity contribution < 1.29 is 4.21 Å². The molecule has 0 spiro atoms. The largest absolute Gasteiger partial charge is 0.300 e. The highest BCUT2D eigenvalue weighted by Gasteiger charge is 2.20. The summed E-state index contributed by atoms with van der Waals surface area (Å²) in [6.07, 6.45) is 3.52. The van der Waals surface area contributed by atoms with Crippen LogP contribution in [-0.2, 0) is 10.8 Å². The van der Waals surface area contributed by atoms with Gasteiger partial charge in [0.25, 0.3) is 0 Å². The van der Waals surface area contributed by atoms with Gasteiger partial charge in [0.05, 0.1) is 38.3 Å². The fourth-order valence-corrected chi connectivity index (χ4v) is 4.43. The Morgan fingerprint density at radius 1 is 0.929 bits per heavy atom. The first kappa shape index (κ1) is 16.8. The molecule has 6 nitrogen and oxygen atoms in total. The molecule has 0 saturated carbocycles. The van der Waals surface area contributed by atoms with E-state index in [0.717, 1.165) is 38.8 Å². The van der Waals surface area contributed by atoms with Crippen LogP contribution in [0, 0.1) is 0 Å². The number of aromatic nitrogens is 5. The molecule has 3 heterocycles. The highest BCUT2D eigenvalue weighted by atomic mass is 32.2. The monoisotopic (exact) mass is 387 g/mol. The summed E-state index contributed by atoms with van der Waals surface area (Å²) in [5.41, 5.74) is 5.39. The van der Waals surface area contributed by atoms with Crippen molar-refractivity contribution in [1.82, 2.24) is 25.1 Å². The second kappa shape index (κ2) is 6.69. The van der Waals surface area contributed by atoms with Crippen LogP contribution in [0.4, 0.5) is 0 Å². The van der Waals surface area contributed by atoms with Crippen LogP contribution in [0.15, 0.2) is 72.1 Å². The Bertz CT molecular complexity index is 1290. The molecule has 0 aliphatic carbocycles. The van der Waals surface area contributed by atoms with Gasteiger partial charge in [0.1, 0.15) is 0 Å². The lowest BCUT2D eigenvalue weighted by atomic mass is 10.1. The van der Waals surface area contributed by atoms with Crippen molar-refractivity contribution in [3.8, 4) is 11.3 Å². The quantitative estimate of drug-likeness (QED) is 0.479. The third-order valence-corrected chi connectivity index (χ3v) is 6.33. The fraction of sp³-hybridized carbons (Fsp3) is 0.0952. The van der Waals surface area contributed by atoms with Crippen LogP contribution in [0.25, 0.3) is 33.2 Å². The van der Waals surface area contributed by atoms with Crippen LogP contribution in [0.3, 0.4) is 0 Å². The lowest BCUT2D eigenvalue weighted by Crippen LogP contribution is -2.04. The van der Waals surface area contributed by atoms with Gasteiger partial charge in [-0.25, -0.2) is 9.97 Å². The number of benzene rings is 2. The van der Waals surface area contributed by atoms with E-state index in [-0.39, 0.29) is 5.25 Å². The molecule has 0 radical (unpaired) electrons. The van der Waals surface area contributed by atoms with Crippen molar-refractivity contribution in [3.05, 3.63) is 72.6 Å². The van der Waals surface area contributed by atoms with Crippen molar-refractivity contribution in [1.29, 1.82) is 0 Å². The van der Waals surface area contributed by atoms with Crippen molar-refractivity contribution in [2.75, 3.05) is 0 Å². The number of fused-ring (bicyclic) bond motifs is 2. The number of imidazole rings is 1. The molecule has 28 heavy (non-hydrogen) atoms. The van der Waals surface area contributed by atoms with Crippen LogP contribution < -0.4 is 0 Å². The first-order valence-corrected chi connectivity index (χ1v) is 10.2. The van der Waals surface area contributed by atoms with E-state index in [4.69, 9.17) is 0 Å². The van der Waals surface area contributed by atoms with Crippen molar-refractivity contribution in [2.45, 2.75) is 17.3 Å². The molecule has 0 amide bonds. The van der Waals surface area contributed by atoms with Crippen LogP contribution in [0.1, 0.15) is 17.7 Å². The summed E-state index contributed by atoms with van der Waals surface area (Å²) in [5, 5.41) is 7.58. The first-order valence-electron chi connectivity index (χ1n) is 8.94. The van der Waals surface area contributed by atoms with E-state index in [9.17, 15) is 4.21 Å². The predicted octanol–water partition coefficient (Wildman–Crippen LogP) is 4.37. The third kappa shape index (κ3) is 2.80. The Labute approximate surface area is 163 Å². The normalized spacial score (nSPS) is 13.8. The third-order valence-electron chi connectivity index (χ3n) is 4.88. The maximum Gasteiger partial charge on any atom is 0.220 e. The van der Waals surface area contributed by atoms with E-state index in [0.29, 0.717) is 5.16 Å². The predicted molar refractivity (Wildman–Crippen MR) is 110 cm³/mol. The molecule has 5 aromatic rings. The summed E-state index contributed by atoms with van der Waals surface area (Å²) in [7, 11) is -1.33. The molecule has 0 aliphatic heterocycles. The molecule has 0 saturated heterocycles. The van der Waals surface area contributed by atoms with Crippen LogP contribution in [-0.4, -0.2) is 29.4 Å². The Balaban J connectivity index is 1.57. The van der Waals surface area contributed by atoms with Gasteiger partial charge < -0.3 is 5.10 Å². The minimum atomic E-state index is -1.33. The second-order valence-electron chi connectivity index (χ2n) is 6.60. The molecule has 2 atom stereocenters. The molecular weight excluding hydrogens is 370 g/mol. The molecule has 3 aromatic heterocycles. The summed E-state index contributed by atoms with van der Waals surface area (Å²) < 4.78 is 13.0. The maximum atomic E-state index is 13.0. The Kier molecular flexibility index (Phi) is 4.02. The van der Waals surface area contributed by atoms with Crippen molar-refractivity contribution in [2.24, 2.45) is 0 Å². The average Bonchev–Trinajstić information content (AvgIpc) is 3.35. The zero-order valence-electron chi connectivity index (χ0n) is 15.1. The van der Waals surface area contributed by atoms with Gasteiger partial charge >= 0.3 is 0 Å². The molecule has 138 valence electrons. The van der Waals surface area contributed by atoms with Crippen LogP contribution >= 0.6 is 0 Å². The van der Waals surface area contributed by atoms with E-state index in [1.54, 1.807) is 12.4 Å². The van der Waals surface area contributed by atoms with E-state index in [2.05, 4.69) is 25.1 Å². The lowest BCUT2D eigenvalue weighted by Gasteiger charge is -2.08. The SMILES string of the molecule is CC(c1ccccc1)S(=O)c1nc2cc3[nH][nH]c(-c4ccncc4)c3cc2n1. The number of rotatable bonds is 4. The molecule has 7 heteroatoms. The Morgan fingerprint density at radius 3 is 2.39 bits per heavy atom. The van der Waals surface area contributed by atoms with E-state index >= 15 is 0 Å². The number of nitrogens with zero attached hydrogens (tertiary/aromatic N) is 3. The Hall–Kier alpha value is -3.32. The molecule has 2 aromatic carbocycles. The van der Waals surface area contributed by atoms with Crippen LogP contribution in [0.5, 0.6) is 0 Å². The van der Waals surface area contributed by atoms with Gasteiger partial charge in [-0.2, -0.15) is 0 Å². The van der Waals surface area contributed by atoms with Gasteiger partial charge in [-0.05, 0) is 36.8 Å². The van der Waals surface area contributed by atoms with Gasteiger partial charge in [0, 0.05) is 23.3 Å². The molecule has 0 bridgehead atoms. The highest BCUT2D eigenvalue weighted by Crippen LogP contribution is 2.30. The maximum absolute atomic E-state index is 13.0. The van der Waals surface area contributed by atoms with Gasteiger partial charge in [-0.3, -0.25) is 14.3 Å². The van der Waals surface area contributed by atoms with E-state index in [1.807, 2.05) is 61.5 Å². The summed E-state index contributed by atoms with van der Waals surface area (Å²) in [6.45, 7) is 1.94. The number of pyridine rings is 1. The molecule has 2 unspecified atom stereocenters. The summed E-state index contributed by atoms with van der Waals surface area (Å²) >= 11 is 0. The van der Waals surface area contributed by atoms with Gasteiger partial charge in [0.2, 0.25) is 5.16 Å². The Morgan fingerprint density at radius 2 is 1.64 bits per heavy atom. The van der Waals surface area contributed by atoms with Gasteiger partial charge in [-0.15, -0.1) is 0 Å². The summed E-state index contributed by atoms with van der Waals surface area (Å²) in [6, 6.07) is 17.6. The number of H-pyrrole nitrogens is 2. The van der Waals surface area contributed by atoms with Crippen LogP contribution in [0.2, 0.25) is 0 Å². The van der Waals surface area contributed by atoms with E-state index < -0.39 is 10.8 Å². The number of nitrogens with one attached hydrogen (secondary N) is 2. The van der Waals surface area contributed by atoms with Crippen molar-refractivity contribution >= 4 is 32.7 Å². The zero-order valence-corrected chi connectivity index (χ0v) is 15.9. The molecule has 5 rings (SSSR count). The van der Waals surface area contributed by atoms with Gasteiger partial charge in [-0.1, -0.05) is 30.3 Å². The second-order valence-corrected chi connectivity index (χ2v) is 8.27. The smallest absolute Gasteiger partial charge is 0.220 e. The first-order chi connectivity index (χ1) is 13.7. The highest BCUT2D eigenvalue weighted by molar-refractivity contribution is 7.85. The standard InChI is InChI=1S/C21H17N5OS/c1-13(14-5-3-2-4-6-14)28(27)21-23-18-11-16-17(12-19(18)24-21)25-26-20(16)15-7-9-22-10-8-15/h2-13,25-26H,1H3. The summed E-state index contributed by atoms with van der Waals surface area (Å²) in [5.74, 6) is 0. The number of hydrogen-bond donors (Lipinski definition) is 2. The molecular formula is C21H17N5OS. The van der Waals surface area contributed by atoms with Crippen molar-refractivity contribution in [3.63, 3.8) is 0 Å². The molecule has 2 N–H and O–H groups in total. The number of hydrogen-bond acceptors (Lipinski definition) is 4. The summed E-state index contributed by atoms with van der Waals surface area (Å²) in [4.78, 5) is 13.2. The topological polar surface area (TPSA) is 87.3 Å². The fourth-order valence-electron chi connectivity index (χ4n) is 3.34. The lowest BCUT2D eigenvalue weighted by molar-refractivity contribution is 0.670. The van der Waals surface area contributed by atoms with E-state index in [1.165, 1.54) is 0 Å². The number of aromatic amines is 2. The molecule has 0 aliphatic rings. The minimum absolute atomic E-state index is 0.177. The van der Waals surface area contributed by atoms with Gasteiger partial charge in [0.15, 0.2) is 0 Å². The minimum Gasteiger partial charge on any atom is -0.300 e. The molecule has 0 fully saturated rings. The average molecular weight is 387 g/mol. The zero-order chi connectivity index (χ0) is 19.1.